The van der Waals surface area contributed by atoms with Crippen LogP contribution >= 0.6 is 0 Å². The molecule has 0 saturated carbocycles. The van der Waals surface area contributed by atoms with Crippen LogP contribution in [0.25, 0.3) is 0 Å². The van der Waals surface area contributed by atoms with E-state index in [1.54, 1.807) is 13.8 Å². The van der Waals surface area contributed by atoms with Gasteiger partial charge in [0.25, 0.3) is 0 Å². The van der Waals surface area contributed by atoms with Crippen LogP contribution in [-0.4, -0.2) is 39.1 Å². The zero-order chi connectivity index (χ0) is 11.5. The van der Waals surface area contributed by atoms with Crippen LogP contribution in [0.15, 0.2) is 11.3 Å². The average Bonchev–Trinajstić information content (AvgIpc) is 2.01. The van der Waals surface area contributed by atoms with Gasteiger partial charge in [0.1, 0.15) is 5.70 Å². The van der Waals surface area contributed by atoms with Crippen molar-refractivity contribution >= 4 is 16.0 Å². The SMILES string of the molecule is COC(=O)C(=C(C)C)N(C)S(C)(=O)=O. The molecule has 5 nitrogen and oxygen atoms in total. The van der Waals surface area contributed by atoms with E-state index < -0.39 is 16.0 Å². The summed E-state index contributed by atoms with van der Waals surface area (Å²) in [5.74, 6) is -0.655. The summed E-state index contributed by atoms with van der Waals surface area (Å²) in [6.45, 7) is 3.29. The molecule has 6 heteroatoms. The molecule has 0 saturated heterocycles. The van der Waals surface area contributed by atoms with Crippen LogP contribution in [0.1, 0.15) is 13.8 Å². The highest BCUT2D eigenvalue weighted by atomic mass is 32.2. The summed E-state index contributed by atoms with van der Waals surface area (Å²) >= 11 is 0. The molecular weight excluding hydrogens is 206 g/mol. The monoisotopic (exact) mass is 221 g/mol. The average molecular weight is 221 g/mol. The largest absolute Gasteiger partial charge is 0.464 e. The van der Waals surface area contributed by atoms with Crippen molar-refractivity contribution in [2.24, 2.45) is 0 Å². The highest BCUT2D eigenvalue weighted by molar-refractivity contribution is 7.88. The van der Waals surface area contributed by atoms with Crippen molar-refractivity contribution < 1.29 is 17.9 Å². The van der Waals surface area contributed by atoms with Gasteiger partial charge < -0.3 is 4.74 Å². The van der Waals surface area contributed by atoms with Crippen LogP contribution in [-0.2, 0) is 19.6 Å². The number of hydrogen-bond acceptors (Lipinski definition) is 4. The number of methoxy groups -OCH3 is 1. The van der Waals surface area contributed by atoms with Gasteiger partial charge in [0.15, 0.2) is 0 Å². The molecule has 0 aromatic heterocycles. The van der Waals surface area contributed by atoms with Crippen molar-refractivity contribution in [2.45, 2.75) is 13.8 Å². The normalized spacial score (nSPS) is 10.6. The molecule has 14 heavy (non-hydrogen) atoms. The number of carbonyl (C=O) groups excluding carboxylic acids is 1. The van der Waals surface area contributed by atoms with Crippen molar-refractivity contribution in [1.29, 1.82) is 0 Å². The molecular formula is C8H15NO4S. The van der Waals surface area contributed by atoms with E-state index >= 15 is 0 Å². The highest BCUT2D eigenvalue weighted by Crippen LogP contribution is 2.13. The van der Waals surface area contributed by atoms with E-state index in [0.29, 0.717) is 5.57 Å². The number of carbonyl (C=O) groups is 1. The standard InChI is InChI=1S/C8H15NO4S/c1-6(2)7(8(10)13-4)9(3)14(5,11)12/h1-5H3. The first-order chi connectivity index (χ1) is 6.21. The van der Waals surface area contributed by atoms with E-state index in [2.05, 4.69) is 4.74 Å². The fraction of sp³-hybridized carbons (Fsp3) is 0.625. The lowest BCUT2D eigenvalue weighted by Gasteiger charge is -2.19. The zero-order valence-electron chi connectivity index (χ0n) is 8.99. The first kappa shape index (κ1) is 13.0. The summed E-state index contributed by atoms with van der Waals surface area (Å²) < 4.78 is 27.8. The molecule has 0 bridgehead atoms. The molecule has 0 unspecified atom stereocenters. The Balaban J connectivity index is 5.30. The van der Waals surface area contributed by atoms with Crippen LogP contribution in [0.2, 0.25) is 0 Å². The van der Waals surface area contributed by atoms with Crippen molar-refractivity contribution in [2.75, 3.05) is 20.4 Å². The Morgan fingerprint density at radius 3 is 1.93 bits per heavy atom. The molecule has 0 aromatic carbocycles. The molecule has 0 radical (unpaired) electrons. The first-order valence-electron chi connectivity index (χ1n) is 3.91. The Morgan fingerprint density at radius 2 is 1.71 bits per heavy atom. The van der Waals surface area contributed by atoms with Gasteiger partial charge in [-0.3, -0.25) is 4.31 Å². The number of ether oxygens (including phenoxy) is 1. The van der Waals surface area contributed by atoms with Gasteiger partial charge >= 0.3 is 5.97 Å². The summed E-state index contributed by atoms with van der Waals surface area (Å²) in [4.78, 5) is 11.3. The third-order valence-electron chi connectivity index (χ3n) is 1.66. The van der Waals surface area contributed by atoms with Gasteiger partial charge in [0.05, 0.1) is 13.4 Å². The minimum absolute atomic E-state index is 0.0509. The second kappa shape index (κ2) is 4.45. The number of likely N-dealkylation sites (N-methyl/N-ethyl adjacent to an activating group) is 1. The van der Waals surface area contributed by atoms with Gasteiger partial charge in [-0.2, -0.15) is 0 Å². The summed E-state index contributed by atoms with van der Waals surface area (Å²) in [5, 5.41) is 0. The molecule has 82 valence electrons. The predicted octanol–water partition coefficient (Wildman–Crippen LogP) is 0.345. The summed E-state index contributed by atoms with van der Waals surface area (Å²) in [6.07, 6.45) is 1.03. The second-order valence-corrected chi connectivity index (χ2v) is 5.08. The molecule has 0 amide bonds. The van der Waals surface area contributed by atoms with E-state index in [-0.39, 0.29) is 5.70 Å². The Morgan fingerprint density at radius 1 is 1.29 bits per heavy atom. The van der Waals surface area contributed by atoms with Crippen LogP contribution < -0.4 is 0 Å². The van der Waals surface area contributed by atoms with E-state index in [1.165, 1.54) is 14.2 Å². The lowest BCUT2D eigenvalue weighted by atomic mass is 10.2. The zero-order valence-corrected chi connectivity index (χ0v) is 9.80. The lowest BCUT2D eigenvalue weighted by Crippen LogP contribution is -2.30. The number of allylic oxidation sites excluding steroid dienone is 1. The Labute approximate surface area is 84.4 Å². The summed E-state index contributed by atoms with van der Waals surface area (Å²) in [7, 11) is -0.904. The van der Waals surface area contributed by atoms with Crippen LogP contribution in [0.4, 0.5) is 0 Å². The van der Waals surface area contributed by atoms with E-state index in [4.69, 9.17) is 0 Å². The molecule has 0 N–H and O–H groups in total. The van der Waals surface area contributed by atoms with Crippen LogP contribution in [0, 0.1) is 0 Å². The quantitative estimate of drug-likeness (QED) is 0.509. The molecule has 0 heterocycles. The Bertz CT molecular complexity index is 352. The Hall–Kier alpha value is -1.04. The number of rotatable bonds is 3. The Kier molecular flexibility index (Phi) is 4.12. The van der Waals surface area contributed by atoms with Gasteiger partial charge in [-0.25, -0.2) is 13.2 Å². The third-order valence-corrected chi connectivity index (χ3v) is 2.84. The predicted molar refractivity (Wildman–Crippen MR) is 53.0 cm³/mol. The smallest absolute Gasteiger partial charge is 0.355 e. The molecule has 0 aromatic rings. The molecule has 0 fully saturated rings. The minimum atomic E-state index is -3.43. The van der Waals surface area contributed by atoms with Crippen molar-refractivity contribution in [3.8, 4) is 0 Å². The molecule has 0 aliphatic heterocycles. The number of nitrogens with zero attached hydrogens (tertiary/aromatic N) is 1. The lowest BCUT2D eigenvalue weighted by molar-refractivity contribution is -0.137. The van der Waals surface area contributed by atoms with Gasteiger partial charge in [0.2, 0.25) is 10.0 Å². The topological polar surface area (TPSA) is 63.7 Å². The number of sulfonamides is 1. The molecule has 0 aliphatic rings. The first-order valence-corrected chi connectivity index (χ1v) is 5.76. The van der Waals surface area contributed by atoms with Crippen molar-refractivity contribution in [1.82, 2.24) is 4.31 Å². The maximum atomic E-state index is 11.3. The molecule has 0 spiro atoms. The second-order valence-electron chi connectivity index (χ2n) is 3.07. The van der Waals surface area contributed by atoms with Gasteiger partial charge in [-0.1, -0.05) is 0 Å². The fourth-order valence-electron chi connectivity index (χ4n) is 0.910. The fourth-order valence-corrected chi connectivity index (χ4v) is 1.50. The highest BCUT2D eigenvalue weighted by Gasteiger charge is 2.22. The molecule has 0 aliphatic carbocycles. The summed E-state index contributed by atoms with van der Waals surface area (Å²) in [6, 6.07) is 0. The molecule has 0 rings (SSSR count). The van der Waals surface area contributed by atoms with Gasteiger partial charge in [0, 0.05) is 7.05 Å². The van der Waals surface area contributed by atoms with Gasteiger partial charge in [-0.15, -0.1) is 0 Å². The summed E-state index contributed by atoms with van der Waals surface area (Å²) in [5.41, 5.74) is 0.639. The van der Waals surface area contributed by atoms with Crippen LogP contribution in [0.3, 0.4) is 0 Å². The van der Waals surface area contributed by atoms with E-state index in [0.717, 1.165) is 10.6 Å². The van der Waals surface area contributed by atoms with Crippen molar-refractivity contribution in [3.63, 3.8) is 0 Å². The molecule has 0 atom stereocenters. The maximum Gasteiger partial charge on any atom is 0.355 e. The van der Waals surface area contributed by atoms with Gasteiger partial charge in [-0.05, 0) is 19.4 Å². The number of esters is 1. The maximum absolute atomic E-state index is 11.3. The number of hydrogen-bond donors (Lipinski definition) is 0. The van der Waals surface area contributed by atoms with E-state index in [9.17, 15) is 13.2 Å². The third kappa shape index (κ3) is 3.02. The van der Waals surface area contributed by atoms with Crippen LogP contribution in [0.5, 0.6) is 0 Å². The minimum Gasteiger partial charge on any atom is -0.464 e. The van der Waals surface area contributed by atoms with Crippen molar-refractivity contribution in [3.05, 3.63) is 11.3 Å². The van der Waals surface area contributed by atoms with E-state index in [1.807, 2.05) is 0 Å².